The van der Waals surface area contributed by atoms with Crippen molar-refractivity contribution in [3.05, 3.63) is 35.6 Å². The number of hydrogen-bond donors (Lipinski definition) is 2. The quantitative estimate of drug-likeness (QED) is 0.864. The van der Waals surface area contributed by atoms with Crippen LogP contribution < -0.4 is 11.1 Å². The topological polar surface area (TPSA) is 55.1 Å². The molecule has 0 fully saturated rings. The van der Waals surface area contributed by atoms with Crippen LogP contribution in [0, 0.1) is 11.7 Å². The van der Waals surface area contributed by atoms with E-state index in [1.54, 1.807) is 19.1 Å². The van der Waals surface area contributed by atoms with Gasteiger partial charge in [-0.15, -0.1) is 12.4 Å². The molecule has 0 aliphatic carbocycles. The van der Waals surface area contributed by atoms with E-state index >= 15 is 0 Å². The summed E-state index contributed by atoms with van der Waals surface area (Å²) < 4.78 is 13.0. The maximum atomic E-state index is 13.0. The van der Waals surface area contributed by atoms with Crippen molar-refractivity contribution in [1.82, 2.24) is 5.32 Å². The second kappa shape index (κ2) is 8.06. The average molecular weight is 275 g/mol. The number of halogens is 2. The van der Waals surface area contributed by atoms with Gasteiger partial charge in [0.15, 0.2) is 0 Å². The fourth-order valence-corrected chi connectivity index (χ4v) is 1.44. The monoisotopic (exact) mass is 274 g/mol. The third-order valence-corrected chi connectivity index (χ3v) is 2.77. The Hall–Kier alpha value is -1.13. The predicted molar refractivity (Wildman–Crippen MR) is 73.3 cm³/mol. The molecular formula is C13H20ClFN2O. The first-order valence-electron chi connectivity index (χ1n) is 5.77. The number of benzene rings is 1. The molecule has 0 spiro atoms. The molecule has 18 heavy (non-hydrogen) atoms. The normalized spacial score (nSPS) is 13.3. The second-order valence-electron chi connectivity index (χ2n) is 4.36. The van der Waals surface area contributed by atoms with Crippen LogP contribution in [0.25, 0.3) is 0 Å². The van der Waals surface area contributed by atoms with Crippen molar-refractivity contribution in [3.63, 3.8) is 0 Å². The molecule has 1 aromatic carbocycles. The number of hydrogen-bond acceptors (Lipinski definition) is 2. The summed E-state index contributed by atoms with van der Waals surface area (Å²) in [6.07, 6.45) is 0. The van der Waals surface area contributed by atoms with E-state index < -0.39 is 0 Å². The first-order valence-corrected chi connectivity index (χ1v) is 5.77. The summed E-state index contributed by atoms with van der Waals surface area (Å²) in [5.41, 5.74) is 6.15. The molecule has 2 atom stereocenters. The number of carbonyl (C=O) groups excluding carboxylic acids is 1. The van der Waals surface area contributed by atoms with E-state index in [-0.39, 0.29) is 36.0 Å². The summed E-state index contributed by atoms with van der Waals surface area (Å²) in [5, 5.41) is 2.81. The number of nitrogens with one attached hydrogen (secondary N) is 1. The third kappa shape index (κ3) is 5.02. The smallest absolute Gasteiger partial charge is 0.227 e. The molecule has 3 N–H and O–H groups in total. The molecule has 0 saturated heterocycles. The van der Waals surface area contributed by atoms with Crippen molar-refractivity contribution in [2.24, 2.45) is 11.7 Å². The molecule has 0 aliphatic rings. The van der Waals surface area contributed by atoms with E-state index in [9.17, 15) is 9.18 Å². The van der Waals surface area contributed by atoms with Gasteiger partial charge in [-0.1, -0.05) is 19.1 Å². The highest BCUT2D eigenvalue weighted by atomic mass is 35.5. The highest BCUT2D eigenvalue weighted by Crippen LogP contribution is 2.16. The molecule has 0 radical (unpaired) electrons. The summed E-state index contributed by atoms with van der Waals surface area (Å²) in [4.78, 5) is 11.8. The highest BCUT2D eigenvalue weighted by Gasteiger charge is 2.15. The zero-order chi connectivity index (χ0) is 12.8. The average Bonchev–Trinajstić information content (AvgIpc) is 2.34. The summed E-state index contributed by atoms with van der Waals surface area (Å²) in [5.74, 6) is -0.525. The van der Waals surface area contributed by atoms with Crippen LogP contribution in [-0.4, -0.2) is 19.0 Å². The van der Waals surface area contributed by atoms with Gasteiger partial charge in [0.1, 0.15) is 5.82 Å². The Morgan fingerprint density at radius 2 is 2.11 bits per heavy atom. The van der Waals surface area contributed by atoms with Crippen LogP contribution in [0.1, 0.15) is 25.3 Å². The lowest BCUT2D eigenvalue weighted by Crippen LogP contribution is -2.33. The van der Waals surface area contributed by atoms with Crippen molar-refractivity contribution in [1.29, 1.82) is 0 Å². The first kappa shape index (κ1) is 16.9. The zero-order valence-electron chi connectivity index (χ0n) is 10.7. The number of nitrogens with two attached hydrogens (primary N) is 1. The third-order valence-electron chi connectivity index (χ3n) is 2.77. The van der Waals surface area contributed by atoms with Gasteiger partial charge in [0.2, 0.25) is 5.91 Å². The van der Waals surface area contributed by atoms with E-state index in [1.807, 2.05) is 6.92 Å². The summed E-state index contributed by atoms with van der Waals surface area (Å²) in [7, 11) is 0. The van der Waals surface area contributed by atoms with Gasteiger partial charge in [-0.3, -0.25) is 4.79 Å². The molecule has 0 saturated carbocycles. The lowest BCUT2D eigenvalue weighted by molar-refractivity contribution is -0.122. The van der Waals surface area contributed by atoms with E-state index in [0.717, 1.165) is 0 Å². The largest absolute Gasteiger partial charge is 0.355 e. The summed E-state index contributed by atoms with van der Waals surface area (Å²) >= 11 is 0. The lowest BCUT2D eigenvalue weighted by atomic mass is 10.00. The highest BCUT2D eigenvalue weighted by molar-refractivity contribution is 5.85. The predicted octanol–water partition coefficient (Wildman–Crippen LogP) is 2.06. The van der Waals surface area contributed by atoms with Crippen molar-refractivity contribution in [2.75, 3.05) is 13.1 Å². The van der Waals surface area contributed by atoms with E-state index in [2.05, 4.69) is 5.32 Å². The van der Waals surface area contributed by atoms with Crippen LogP contribution in [0.4, 0.5) is 4.39 Å². The molecule has 0 bridgehead atoms. The van der Waals surface area contributed by atoms with E-state index in [0.29, 0.717) is 18.7 Å². The molecular weight excluding hydrogens is 255 g/mol. The second-order valence-corrected chi connectivity index (χ2v) is 4.36. The van der Waals surface area contributed by atoms with Gasteiger partial charge in [-0.05, 0) is 37.1 Å². The molecule has 1 aromatic rings. The van der Waals surface area contributed by atoms with Crippen LogP contribution in [0.3, 0.4) is 0 Å². The van der Waals surface area contributed by atoms with E-state index in [1.165, 1.54) is 12.1 Å². The molecule has 1 rings (SSSR count). The Morgan fingerprint density at radius 1 is 1.44 bits per heavy atom. The molecule has 0 aromatic heterocycles. The Morgan fingerprint density at radius 3 is 2.67 bits per heavy atom. The Labute approximate surface area is 113 Å². The van der Waals surface area contributed by atoms with Gasteiger partial charge in [-0.25, -0.2) is 4.39 Å². The van der Waals surface area contributed by atoms with E-state index in [4.69, 9.17) is 5.73 Å². The minimum absolute atomic E-state index is 0. The minimum Gasteiger partial charge on any atom is -0.355 e. The fraction of sp³-hybridized carbons (Fsp3) is 0.462. The zero-order valence-corrected chi connectivity index (χ0v) is 11.5. The van der Waals surface area contributed by atoms with Crippen LogP contribution in [0.5, 0.6) is 0 Å². The maximum absolute atomic E-state index is 13.0. The van der Waals surface area contributed by atoms with Crippen LogP contribution in [0.2, 0.25) is 0 Å². The summed E-state index contributed by atoms with van der Waals surface area (Å²) in [6.45, 7) is 4.81. The molecule has 3 nitrogen and oxygen atoms in total. The van der Waals surface area contributed by atoms with Gasteiger partial charge in [0.05, 0.1) is 5.92 Å². The molecule has 102 valence electrons. The van der Waals surface area contributed by atoms with Crippen molar-refractivity contribution in [2.45, 2.75) is 19.8 Å². The van der Waals surface area contributed by atoms with Gasteiger partial charge < -0.3 is 11.1 Å². The van der Waals surface area contributed by atoms with Crippen LogP contribution >= 0.6 is 12.4 Å². The van der Waals surface area contributed by atoms with Gasteiger partial charge in [-0.2, -0.15) is 0 Å². The van der Waals surface area contributed by atoms with Gasteiger partial charge in [0.25, 0.3) is 0 Å². The first-order chi connectivity index (χ1) is 8.04. The number of amides is 1. The SMILES string of the molecule is CC(CN)CNC(=O)C(C)c1cccc(F)c1.Cl. The summed E-state index contributed by atoms with van der Waals surface area (Å²) in [6, 6.07) is 6.11. The Balaban J connectivity index is 0.00000289. The molecule has 0 heterocycles. The van der Waals surface area contributed by atoms with Gasteiger partial charge >= 0.3 is 0 Å². The minimum atomic E-state index is -0.351. The molecule has 5 heteroatoms. The number of carbonyl (C=O) groups is 1. The maximum Gasteiger partial charge on any atom is 0.227 e. The number of rotatable bonds is 5. The standard InChI is InChI=1S/C13H19FN2O.ClH/c1-9(7-15)8-16-13(17)10(2)11-4-3-5-12(14)6-11;/h3-6,9-10H,7-8,15H2,1-2H3,(H,16,17);1H. The molecule has 2 unspecified atom stereocenters. The van der Waals surface area contributed by atoms with Crippen molar-refractivity contribution < 1.29 is 9.18 Å². The Kier molecular flexibility index (Phi) is 7.55. The lowest BCUT2D eigenvalue weighted by Gasteiger charge is -2.15. The fourth-order valence-electron chi connectivity index (χ4n) is 1.44. The van der Waals surface area contributed by atoms with Crippen molar-refractivity contribution in [3.8, 4) is 0 Å². The molecule has 0 aliphatic heterocycles. The Bertz CT molecular complexity index is 387. The molecule has 1 amide bonds. The van der Waals surface area contributed by atoms with Gasteiger partial charge in [0, 0.05) is 6.54 Å². The van der Waals surface area contributed by atoms with Crippen LogP contribution in [-0.2, 0) is 4.79 Å². The van der Waals surface area contributed by atoms with Crippen LogP contribution in [0.15, 0.2) is 24.3 Å². The van der Waals surface area contributed by atoms with Crippen molar-refractivity contribution >= 4 is 18.3 Å².